The van der Waals surface area contributed by atoms with Gasteiger partial charge in [0.05, 0.1) is 27.1 Å². The number of hydrogen-bond donors (Lipinski definition) is 2. The van der Waals surface area contributed by atoms with E-state index in [0.29, 0.717) is 5.71 Å². The van der Waals surface area contributed by atoms with Crippen molar-refractivity contribution < 1.29 is 0 Å². The van der Waals surface area contributed by atoms with Crippen LogP contribution in [-0.4, -0.2) is 10.4 Å². The highest BCUT2D eigenvalue weighted by Gasteiger charge is 2.24. The third kappa shape index (κ3) is 3.51. The normalized spacial score (nSPS) is 14.3. The number of nitrogens with zero attached hydrogens (tertiary/aromatic N) is 1. The lowest BCUT2D eigenvalue weighted by Gasteiger charge is -2.22. The fourth-order valence-electron chi connectivity index (χ4n) is 6.72. The van der Waals surface area contributed by atoms with Crippen molar-refractivity contribution in [2.24, 2.45) is 0 Å². The van der Waals surface area contributed by atoms with Gasteiger partial charge in [-0.05, 0) is 28.5 Å². The Hall–Kier alpha value is -5.45. The molecule has 0 saturated heterocycles. The van der Waals surface area contributed by atoms with Crippen LogP contribution >= 0.6 is 11.3 Å². The fraction of sp³-hybridized carbons (Fsp3) is 0. The Morgan fingerprint density at radius 2 is 1.26 bits per heavy atom. The first-order valence-electron chi connectivity index (χ1n) is 14.5. The van der Waals surface area contributed by atoms with Gasteiger partial charge in [0.25, 0.3) is 0 Å². The number of benzene rings is 6. The smallest absolute Gasteiger partial charge is 0.0894 e. The van der Waals surface area contributed by atoms with E-state index in [-0.39, 0.29) is 0 Å². The molecule has 2 heterocycles. The highest BCUT2D eigenvalue weighted by Crippen LogP contribution is 2.47. The molecule has 1 aliphatic rings. The highest BCUT2D eigenvalue weighted by molar-refractivity contribution is 7.27. The molecule has 1 aliphatic carbocycles. The molecule has 6 aromatic carbocycles. The third-order valence-corrected chi connectivity index (χ3v) is 9.81. The second-order valence-corrected chi connectivity index (χ2v) is 12.0. The van der Waals surface area contributed by atoms with Gasteiger partial charge in [-0.15, -0.1) is 11.3 Å². The number of rotatable bonds is 3. The van der Waals surface area contributed by atoms with Gasteiger partial charge in [0.15, 0.2) is 0 Å². The van der Waals surface area contributed by atoms with E-state index < -0.39 is 0 Å². The molecule has 0 unspecified atom stereocenters. The van der Waals surface area contributed by atoms with Crippen molar-refractivity contribution in [1.82, 2.24) is 4.68 Å². The second-order valence-electron chi connectivity index (χ2n) is 11.0. The first-order valence-corrected chi connectivity index (χ1v) is 15.3. The van der Waals surface area contributed by atoms with Crippen LogP contribution < -0.4 is 5.43 Å². The van der Waals surface area contributed by atoms with Crippen LogP contribution in [0.25, 0.3) is 64.5 Å². The Labute approximate surface area is 252 Å². The van der Waals surface area contributed by atoms with Crippen LogP contribution in [0.1, 0.15) is 16.7 Å². The van der Waals surface area contributed by atoms with E-state index in [9.17, 15) is 5.41 Å². The van der Waals surface area contributed by atoms with Crippen LogP contribution in [0.4, 0.5) is 0 Å². The van der Waals surface area contributed by atoms with E-state index in [4.69, 9.17) is 0 Å². The molecule has 43 heavy (non-hydrogen) atoms. The molecule has 4 heteroatoms. The maximum absolute atomic E-state index is 9.32. The van der Waals surface area contributed by atoms with Crippen LogP contribution in [0.5, 0.6) is 0 Å². The van der Waals surface area contributed by atoms with E-state index >= 15 is 0 Å². The first-order chi connectivity index (χ1) is 21.3. The molecule has 0 radical (unpaired) electrons. The summed E-state index contributed by atoms with van der Waals surface area (Å²) in [6.07, 6.45) is 4.20. The molecule has 8 aromatic rings. The minimum absolute atomic E-state index is 0.516. The zero-order valence-electron chi connectivity index (χ0n) is 23.1. The molecule has 0 bridgehead atoms. The van der Waals surface area contributed by atoms with Crippen LogP contribution in [0, 0.1) is 5.41 Å². The Bertz CT molecular complexity index is 2490. The minimum Gasteiger partial charge on any atom is -0.300 e. The van der Waals surface area contributed by atoms with Crippen LogP contribution in [-0.2, 0) is 0 Å². The lowest BCUT2D eigenvalue weighted by atomic mass is 9.89. The SMILES string of the molecule is N=C1/C(=C(\Nn2c3ccccc3c3c4ccccc4c4c5ccccc5sc4c32)c2ccccc2)C=Cc2ccccc21. The summed E-state index contributed by atoms with van der Waals surface area (Å²) in [5, 5.41) is 16.9. The average molecular weight is 568 g/mol. The molecule has 202 valence electrons. The van der Waals surface area contributed by atoms with Crippen molar-refractivity contribution in [3.8, 4) is 0 Å². The van der Waals surface area contributed by atoms with Crippen molar-refractivity contribution in [1.29, 1.82) is 5.41 Å². The van der Waals surface area contributed by atoms with Gasteiger partial charge in [-0.3, -0.25) is 15.5 Å². The monoisotopic (exact) mass is 567 g/mol. The molecule has 0 saturated carbocycles. The molecule has 0 aliphatic heterocycles. The molecule has 0 amide bonds. The third-order valence-electron chi connectivity index (χ3n) is 8.64. The number of allylic oxidation sites excluding steroid dienone is 2. The minimum atomic E-state index is 0.516. The number of hydrogen-bond acceptors (Lipinski definition) is 3. The Kier molecular flexibility index (Phi) is 5.22. The molecule has 0 spiro atoms. The van der Waals surface area contributed by atoms with Gasteiger partial charge in [0.2, 0.25) is 0 Å². The number of thiophene rings is 1. The summed E-state index contributed by atoms with van der Waals surface area (Å²) in [4.78, 5) is 0. The number of fused-ring (bicyclic) bond motifs is 11. The van der Waals surface area contributed by atoms with Crippen molar-refractivity contribution in [2.45, 2.75) is 0 Å². The summed E-state index contributed by atoms with van der Waals surface area (Å²) in [6.45, 7) is 0. The zero-order chi connectivity index (χ0) is 28.5. The Morgan fingerprint density at radius 3 is 2.09 bits per heavy atom. The highest BCUT2D eigenvalue weighted by atomic mass is 32.1. The molecule has 0 atom stereocenters. The van der Waals surface area contributed by atoms with Crippen molar-refractivity contribution in [3.05, 3.63) is 156 Å². The average Bonchev–Trinajstić information content (AvgIpc) is 3.61. The lowest BCUT2D eigenvalue weighted by molar-refractivity contribution is 1.07. The maximum Gasteiger partial charge on any atom is 0.0894 e. The lowest BCUT2D eigenvalue weighted by Crippen LogP contribution is -2.19. The summed E-state index contributed by atoms with van der Waals surface area (Å²) in [5.74, 6) is 0. The van der Waals surface area contributed by atoms with Gasteiger partial charge in [-0.25, -0.2) is 0 Å². The van der Waals surface area contributed by atoms with Crippen LogP contribution in [0.2, 0.25) is 0 Å². The molecule has 3 nitrogen and oxygen atoms in total. The number of para-hydroxylation sites is 1. The summed E-state index contributed by atoms with van der Waals surface area (Å²) < 4.78 is 4.81. The van der Waals surface area contributed by atoms with E-state index in [1.54, 1.807) is 0 Å². The van der Waals surface area contributed by atoms with Crippen LogP contribution in [0.3, 0.4) is 0 Å². The topological polar surface area (TPSA) is 40.8 Å². The summed E-state index contributed by atoms with van der Waals surface area (Å²) in [5.41, 5.74) is 11.5. The molecule has 2 N–H and O–H groups in total. The zero-order valence-corrected chi connectivity index (χ0v) is 24.0. The first kappa shape index (κ1) is 24.2. The van der Waals surface area contributed by atoms with Gasteiger partial charge in [-0.1, -0.05) is 127 Å². The van der Waals surface area contributed by atoms with Gasteiger partial charge in [0.1, 0.15) is 0 Å². The van der Waals surface area contributed by atoms with Gasteiger partial charge in [0, 0.05) is 42.9 Å². The van der Waals surface area contributed by atoms with E-state index in [1.165, 1.54) is 41.7 Å². The standard InChI is InChI=1S/C39H25N3S/c40-36-26-15-5-4-12-24(26)22-23-31(36)37(25-13-2-1-3-14-25)41-42-32-20-10-8-18-29(32)34-27-16-6-7-17-28(27)35-30-19-9-11-21-33(30)43-39(35)38(34)42/h1-23,40-41H/b37-31-,40-36?. The fourth-order valence-corrected chi connectivity index (χ4v) is 7.98. The van der Waals surface area contributed by atoms with Crippen molar-refractivity contribution >= 4 is 81.6 Å². The number of aromatic nitrogens is 1. The number of nitrogens with one attached hydrogen (secondary N) is 2. The molecule has 2 aromatic heterocycles. The predicted molar refractivity (Wildman–Crippen MR) is 185 cm³/mol. The van der Waals surface area contributed by atoms with Gasteiger partial charge < -0.3 is 0 Å². The van der Waals surface area contributed by atoms with Crippen molar-refractivity contribution in [3.63, 3.8) is 0 Å². The van der Waals surface area contributed by atoms with E-state index in [2.05, 4.69) is 125 Å². The van der Waals surface area contributed by atoms with Gasteiger partial charge >= 0.3 is 0 Å². The van der Waals surface area contributed by atoms with Gasteiger partial charge in [-0.2, -0.15) is 0 Å². The quantitative estimate of drug-likeness (QED) is 0.219. The summed E-state index contributed by atoms with van der Waals surface area (Å²) in [6, 6.07) is 44.8. The largest absolute Gasteiger partial charge is 0.300 e. The Balaban J connectivity index is 1.42. The molecule has 0 fully saturated rings. The van der Waals surface area contributed by atoms with E-state index in [0.717, 1.165) is 39.0 Å². The maximum atomic E-state index is 9.32. The molecular formula is C39H25N3S. The summed E-state index contributed by atoms with van der Waals surface area (Å²) >= 11 is 1.85. The van der Waals surface area contributed by atoms with E-state index in [1.807, 2.05) is 35.6 Å². The molecule has 9 rings (SSSR count). The second kappa shape index (κ2) is 9.28. The Morgan fingerprint density at radius 1 is 0.605 bits per heavy atom. The predicted octanol–water partition coefficient (Wildman–Crippen LogP) is 10.4. The van der Waals surface area contributed by atoms with Crippen molar-refractivity contribution in [2.75, 3.05) is 5.43 Å². The summed E-state index contributed by atoms with van der Waals surface area (Å²) in [7, 11) is 0. The van der Waals surface area contributed by atoms with Crippen LogP contribution in [0.15, 0.2) is 139 Å². The molecular weight excluding hydrogens is 543 g/mol.